The highest BCUT2D eigenvalue weighted by molar-refractivity contribution is 9.10. The van der Waals surface area contributed by atoms with Crippen LogP contribution in [0.25, 0.3) is 10.9 Å². The van der Waals surface area contributed by atoms with Crippen molar-refractivity contribution in [3.63, 3.8) is 0 Å². The predicted octanol–water partition coefficient (Wildman–Crippen LogP) is 4.17. The molecule has 30 heavy (non-hydrogen) atoms. The first-order valence-corrected chi connectivity index (χ1v) is 10.4. The van der Waals surface area contributed by atoms with Gasteiger partial charge in [-0.25, -0.2) is 4.39 Å². The number of ketones is 1. The third-order valence-corrected chi connectivity index (χ3v) is 6.55. The van der Waals surface area contributed by atoms with E-state index in [9.17, 15) is 24.3 Å². The smallest absolute Gasteiger partial charge is 0.196 e. The molecule has 2 unspecified atom stereocenters. The number of carboxylic acid groups (broad SMARTS) is 1. The van der Waals surface area contributed by atoms with Crippen LogP contribution in [0.4, 0.5) is 4.39 Å². The molecule has 152 valence electrons. The lowest BCUT2D eigenvalue weighted by Crippen LogP contribution is -2.33. The molecule has 0 saturated heterocycles. The SMILES string of the molecule is CC(C(=O)[O-])C1CCn2c1c(C(=O)c1ccc(Cl)cc1C#N)c1c(Br)cc(F)cc12. The molecule has 8 heteroatoms. The van der Waals surface area contributed by atoms with Gasteiger partial charge in [0.2, 0.25) is 0 Å². The highest BCUT2D eigenvalue weighted by atomic mass is 79.9. The molecule has 0 saturated carbocycles. The first-order chi connectivity index (χ1) is 14.2. The standard InChI is InChI=1S/C22H15BrClFN2O3/c1-10(22(29)30)14-4-5-27-17-8-13(25)7-16(23)18(17)19(20(14)27)21(28)15-3-2-12(24)6-11(15)9-26/h2-3,6-8,10,14H,4-5H2,1H3,(H,29,30)/p-1. The van der Waals surface area contributed by atoms with Crippen LogP contribution in [0.5, 0.6) is 0 Å². The van der Waals surface area contributed by atoms with E-state index in [0.29, 0.717) is 39.1 Å². The number of hydrogen-bond donors (Lipinski definition) is 0. The van der Waals surface area contributed by atoms with Gasteiger partial charge in [-0.15, -0.1) is 0 Å². The van der Waals surface area contributed by atoms with Crippen molar-refractivity contribution < 1.29 is 19.1 Å². The lowest BCUT2D eigenvalue weighted by atomic mass is 9.85. The number of carbonyl (C=O) groups excluding carboxylic acids is 2. The van der Waals surface area contributed by atoms with Crippen LogP contribution in [0.2, 0.25) is 5.02 Å². The van der Waals surface area contributed by atoms with Gasteiger partial charge in [0.05, 0.1) is 22.7 Å². The van der Waals surface area contributed by atoms with Crippen molar-refractivity contribution in [1.29, 1.82) is 5.26 Å². The largest absolute Gasteiger partial charge is 0.550 e. The number of aryl methyl sites for hydroxylation is 1. The Morgan fingerprint density at radius 2 is 2.10 bits per heavy atom. The number of carbonyl (C=O) groups is 2. The second-order valence-corrected chi connectivity index (χ2v) is 8.62. The number of nitrogens with zero attached hydrogens (tertiary/aromatic N) is 2. The lowest BCUT2D eigenvalue weighted by molar-refractivity contribution is -0.311. The van der Waals surface area contributed by atoms with E-state index < -0.39 is 29.4 Å². The summed E-state index contributed by atoms with van der Waals surface area (Å²) in [6.07, 6.45) is 0.487. The highest BCUT2D eigenvalue weighted by Crippen LogP contribution is 2.45. The number of hydrogen-bond acceptors (Lipinski definition) is 4. The third-order valence-electron chi connectivity index (χ3n) is 5.69. The van der Waals surface area contributed by atoms with Crippen molar-refractivity contribution in [2.45, 2.75) is 25.8 Å². The molecular formula is C22H14BrClFN2O3-. The van der Waals surface area contributed by atoms with Crippen molar-refractivity contribution in [3.8, 4) is 6.07 Å². The van der Waals surface area contributed by atoms with Crippen molar-refractivity contribution in [2.75, 3.05) is 0 Å². The zero-order chi connectivity index (χ0) is 21.7. The Bertz CT molecular complexity index is 1280. The third kappa shape index (κ3) is 3.11. The van der Waals surface area contributed by atoms with E-state index >= 15 is 0 Å². The van der Waals surface area contributed by atoms with E-state index in [1.807, 2.05) is 6.07 Å². The highest BCUT2D eigenvalue weighted by Gasteiger charge is 2.37. The number of halogens is 3. The van der Waals surface area contributed by atoms with Crippen LogP contribution < -0.4 is 5.11 Å². The van der Waals surface area contributed by atoms with Gasteiger partial charge in [0.25, 0.3) is 0 Å². The molecule has 1 aliphatic heterocycles. The first-order valence-electron chi connectivity index (χ1n) is 9.21. The second kappa shape index (κ2) is 7.53. The van der Waals surface area contributed by atoms with Crippen LogP contribution in [0, 0.1) is 23.1 Å². The number of benzene rings is 2. The number of nitriles is 1. The van der Waals surface area contributed by atoms with Gasteiger partial charge in [0.15, 0.2) is 5.78 Å². The van der Waals surface area contributed by atoms with Gasteiger partial charge in [-0.3, -0.25) is 4.79 Å². The van der Waals surface area contributed by atoms with Gasteiger partial charge in [-0.1, -0.05) is 18.5 Å². The summed E-state index contributed by atoms with van der Waals surface area (Å²) >= 11 is 9.32. The van der Waals surface area contributed by atoms with Gasteiger partial charge >= 0.3 is 0 Å². The maximum Gasteiger partial charge on any atom is 0.196 e. The second-order valence-electron chi connectivity index (χ2n) is 7.33. The van der Waals surface area contributed by atoms with E-state index in [4.69, 9.17) is 11.6 Å². The summed E-state index contributed by atoms with van der Waals surface area (Å²) in [6, 6.07) is 8.98. The van der Waals surface area contributed by atoms with Crippen LogP contribution in [-0.2, 0) is 11.3 Å². The molecule has 2 aromatic carbocycles. The van der Waals surface area contributed by atoms with Crippen molar-refractivity contribution in [1.82, 2.24) is 4.57 Å². The topological polar surface area (TPSA) is 85.9 Å². The van der Waals surface area contributed by atoms with E-state index in [1.165, 1.54) is 30.3 Å². The minimum atomic E-state index is -1.22. The Morgan fingerprint density at radius 1 is 1.37 bits per heavy atom. The van der Waals surface area contributed by atoms with Gasteiger partial charge < -0.3 is 14.5 Å². The average molecular weight is 489 g/mol. The Morgan fingerprint density at radius 3 is 2.77 bits per heavy atom. The van der Waals surface area contributed by atoms with E-state index in [-0.39, 0.29) is 16.7 Å². The number of fused-ring (bicyclic) bond motifs is 3. The maximum absolute atomic E-state index is 14.2. The van der Waals surface area contributed by atoms with Gasteiger partial charge in [-0.2, -0.15) is 5.26 Å². The number of rotatable bonds is 4. The molecule has 5 nitrogen and oxygen atoms in total. The summed E-state index contributed by atoms with van der Waals surface area (Å²) in [6.45, 7) is 1.99. The Balaban J connectivity index is 2.05. The summed E-state index contributed by atoms with van der Waals surface area (Å²) in [5.74, 6) is -3.45. The predicted molar refractivity (Wildman–Crippen MR) is 111 cm³/mol. The Labute approximate surface area is 184 Å². The average Bonchev–Trinajstić information content (AvgIpc) is 3.25. The molecule has 0 radical (unpaired) electrons. The fraction of sp³-hybridized carbons (Fsp3) is 0.227. The number of carboxylic acids is 1. The van der Waals surface area contributed by atoms with Gasteiger partial charge in [0.1, 0.15) is 5.82 Å². The van der Waals surface area contributed by atoms with E-state index in [0.717, 1.165) is 0 Å². The normalized spacial score (nSPS) is 16.3. The van der Waals surface area contributed by atoms with Gasteiger partial charge in [0, 0.05) is 50.5 Å². The lowest BCUT2D eigenvalue weighted by Gasteiger charge is -2.21. The first kappa shape index (κ1) is 20.6. The Kier molecular flexibility index (Phi) is 5.16. The molecule has 1 aliphatic rings. The monoisotopic (exact) mass is 487 g/mol. The summed E-state index contributed by atoms with van der Waals surface area (Å²) < 4.78 is 16.3. The van der Waals surface area contributed by atoms with Crippen LogP contribution in [0.3, 0.4) is 0 Å². The molecule has 4 rings (SSSR count). The molecule has 0 spiro atoms. The minimum absolute atomic E-state index is 0.112. The molecular weight excluding hydrogens is 475 g/mol. The Hall–Kier alpha value is -2.69. The molecule has 0 aliphatic carbocycles. The maximum atomic E-state index is 14.2. The van der Waals surface area contributed by atoms with Crippen LogP contribution in [0.15, 0.2) is 34.8 Å². The van der Waals surface area contributed by atoms with Crippen LogP contribution >= 0.6 is 27.5 Å². The van der Waals surface area contributed by atoms with Crippen molar-refractivity contribution in [2.24, 2.45) is 5.92 Å². The van der Waals surface area contributed by atoms with Gasteiger partial charge in [-0.05, 0) is 52.7 Å². The molecule has 2 heterocycles. The molecule has 0 N–H and O–H groups in total. The fourth-order valence-electron chi connectivity index (χ4n) is 4.27. The van der Waals surface area contributed by atoms with Crippen LogP contribution in [-0.4, -0.2) is 16.3 Å². The summed E-state index contributed by atoms with van der Waals surface area (Å²) in [5.41, 5.74) is 1.56. The summed E-state index contributed by atoms with van der Waals surface area (Å²) in [4.78, 5) is 25.3. The van der Waals surface area contributed by atoms with Crippen molar-refractivity contribution in [3.05, 3.63) is 68.0 Å². The molecule has 3 aromatic rings. The minimum Gasteiger partial charge on any atom is -0.550 e. The summed E-state index contributed by atoms with van der Waals surface area (Å²) in [5, 5.41) is 21.9. The number of aliphatic carboxylic acids is 1. The molecule has 1 aromatic heterocycles. The van der Waals surface area contributed by atoms with E-state index in [2.05, 4.69) is 15.9 Å². The molecule has 0 amide bonds. The quantitative estimate of drug-likeness (QED) is 0.516. The zero-order valence-corrected chi connectivity index (χ0v) is 18.1. The fourth-order valence-corrected chi connectivity index (χ4v) is 5.06. The number of aromatic nitrogens is 1. The van der Waals surface area contributed by atoms with E-state index in [1.54, 1.807) is 11.5 Å². The molecule has 2 atom stereocenters. The zero-order valence-electron chi connectivity index (χ0n) is 15.7. The molecule has 0 fully saturated rings. The van der Waals surface area contributed by atoms with Crippen molar-refractivity contribution >= 4 is 50.2 Å². The van der Waals surface area contributed by atoms with Crippen LogP contribution in [0.1, 0.15) is 46.4 Å². The summed E-state index contributed by atoms with van der Waals surface area (Å²) in [7, 11) is 0. The molecule has 0 bridgehead atoms.